The number of hydrogen-bond donors (Lipinski definition) is 1. The van der Waals surface area contributed by atoms with E-state index in [0.717, 1.165) is 22.7 Å². The molecule has 0 amide bonds. The number of sulfonamides is 1. The average molecular weight is 366 g/mol. The molecule has 9 heteroatoms. The molecule has 5 nitrogen and oxygen atoms in total. The van der Waals surface area contributed by atoms with Crippen molar-refractivity contribution in [2.75, 3.05) is 11.3 Å². The van der Waals surface area contributed by atoms with Gasteiger partial charge < -0.3 is 4.74 Å². The Hall–Kier alpha value is -1.09. The fourth-order valence-corrected chi connectivity index (χ4v) is 5.29. The van der Waals surface area contributed by atoms with E-state index in [2.05, 4.69) is 4.72 Å². The third kappa shape index (κ3) is 3.76. The monoisotopic (exact) mass is 365 g/mol. The van der Waals surface area contributed by atoms with Crippen molar-refractivity contribution in [3.8, 4) is 0 Å². The number of nitrogens with one attached hydrogen (secondary N) is 1. The molecule has 0 saturated heterocycles. The van der Waals surface area contributed by atoms with Crippen LogP contribution in [0.3, 0.4) is 0 Å². The highest BCUT2D eigenvalue weighted by Crippen LogP contribution is 2.31. The van der Waals surface area contributed by atoms with Gasteiger partial charge in [0.25, 0.3) is 10.0 Å². The third-order valence-electron chi connectivity index (χ3n) is 2.43. The van der Waals surface area contributed by atoms with Crippen LogP contribution in [0.5, 0.6) is 0 Å². The summed E-state index contributed by atoms with van der Waals surface area (Å²) in [5.74, 6) is -0.454. The van der Waals surface area contributed by atoms with Crippen LogP contribution in [-0.2, 0) is 14.8 Å². The summed E-state index contributed by atoms with van der Waals surface area (Å²) in [6.07, 6.45) is 0. The maximum Gasteiger partial charge on any atom is 0.348 e. The zero-order chi connectivity index (χ0) is 15.6. The first-order valence-electron chi connectivity index (χ1n) is 5.89. The number of aryl methyl sites for hydroxylation is 1. The SMILES string of the molecule is CCOC(=O)c1sc(NS(=O)(=O)c2ccc(Cl)s2)cc1C. The predicted octanol–water partition coefficient (Wildman–Crippen LogP) is 3.75. The summed E-state index contributed by atoms with van der Waals surface area (Å²) in [6, 6.07) is 4.55. The van der Waals surface area contributed by atoms with Crippen LogP contribution in [0.15, 0.2) is 22.4 Å². The van der Waals surface area contributed by atoms with Crippen molar-refractivity contribution in [1.29, 1.82) is 0 Å². The van der Waals surface area contributed by atoms with Crippen molar-refractivity contribution in [3.05, 3.63) is 33.0 Å². The second-order valence-corrected chi connectivity index (χ2v) is 8.68. The molecule has 0 aliphatic rings. The lowest BCUT2D eigenvalue weighted by Crippen LogP contribution is -2.10. The lowest BCUT2D eigenvalue weighted by molar-refractivity contribution is 0.0531. The molecule has 0 fully saturated rings. The quantitative estimate of drug-likeness (QED) is 0.819. The smallest absolute Gasteiger partial charge is 0.348 e. The van der Waals surface area contributed by atoms with Crippen molar-refractivity contribution in [3.63, 3.8) is 0 Å². The Morgan fingerprint density at radius 3 is 2.67 bits per heavy atom. The summed E-state index contributed by atoms with van der Waals surface area (Å²) >= 11 is 7.75. The molecule has 0 spiro atoms. The van der Waals surface area contributed by atoms with Gasteiger partial charge in [0.05, 0.1) is 10.9 Å². The van der Waals surface area contributed by atoms with Crippen molar-refractivity contribution < 1.29 is 17.9 Å². The Morgan fingerprint density at radius 1 is 1.38 bits per heavy atom. The van der Waals surface area contributed by atoms with Gasteiger partial charge in [-0.1, -0.05) is 11.6 Å². The summed E-state index contributed by atoms with van der Waals surface area (Å²) in [6.45, 7) is 3.71. The number of carbonyl (C=O) groups is 1. The van der Waals surface area contributed by atoms with Gasteiger partial charge >= 0.3 is 5.97 Å². The first-order chi connectivity index (χ1) is 9.83. The maximum atomic E-state index is 12.2. The Morgan fingerprint density at radius 2 is 2.10 bits per heavy atom. The topological polar surface area (TPSA) is 72.5 Å². The van der Waals surface area contributed by atoms with Gasteiger partial charge in [0.1, 0.15) is 14.1 Å². The molecule has 2 aromatic rings. The molecular weight excluding hydrogens is 354 g/mol. The van der Waals surface area contributed by atoms with Crippen molar-refractivity contribution in [2.24, 2.45) is 0 Å². The van der Waals surface area contributed by atoms with E-state index in [0.29, 0.717) is 19.8 Å². The van der Waals surface area contributed by atoms with E-state index in [9.17, 15) is 13.2 Å². The van der Waals surface area contributed by atoms with Gasteiger partial charge in [0, 0.05) is 0 Å². The largest absolute Gasteiger partial charge is 0.462 e. The van der Waals surface area contributed by atoms with Crippen LogP contribution in [0, 0.1) is 6.92 Å². The summed E-state index contributed by atoms with van der Waals surface area (Å²) in [7, 11) is -3.69. The highest BCUT2D eigenvalue weighted by atomic mass is 35.5. The number of anilines is 1. The van der Waals surface area contributed by atoms with Crippen LogP contribution in [0.25, 0.3) is 0 Å². The number of carbonyl (C=O) groups excluding carboxylic acids is 1. The summed E-state index contributed by atoms with van der Waals surface area (Å²) in [5, 5.41) is 0.361. The second kappa shape index (κ2) is 6.35. The molecule has 114 valence electrons. The van der Waals surface area contributed by atoms with Gasteiger partial charge in [0.15, 0.2) is 0 Å². The zero-order valence-corrected chi connectivity index (χ0v) is 14.4. The number of thiophene rings is 2. The Kier molecular flexibility index (Phi) is 4.92. The summed E-state index contributed by atoms with van der Waals surface area (Å²) in [4.78, 5) is 12.1. The summed E-state index contributed by atoms with van der Waals surface area (Å²) < 4.78 is 32.2. The van der Waals surface area contributed by atoms with Crippen molar-refractivity contribution in [1.82, 2.24) is 0 Å². The zero-order valence-electron chi connectivity index (χ0n) is 11.2. The number of ether oxygens (including phenoxy) is 1. The predicted molar refractivity (Wildman–Crippen MR) is 85.2 cm³/mol. The van der Waals surface area contributed by atoms with Crippen LogP contribution in [-0.4, -0.2) is 21.0 Å². The molecule has 0 saturated carbocycles. The van der Waals surface area contributed by atoms with Gasteiger partial charge in [-0.25, -0.2) is 13.2 Å². The molecule has 2 aromatic heterocycles. The molecule has 1 N–H and O–H groups in total. The molecule has 0 atom stereocenters. The second-order valence-electron chi connectivity index (χ2n) is 4.01. The Bertz CT molecular complexity index is 763. The molecule has 0 bridgehead atoms. The van der Waals surface area contributed by atoms with E-state index in [4.69, 9.17) is 16.3 Å². The fraction of sp³-hybridized carbons (Fsp3) is 0.250. The van der Waals surface area contributed by atoms with Crippen LogP contribution < -0.4 is 4.72 Å². The van der Waals surface area contributed by atoms with Gasteiger partial charge in [0.2, 0.25) is 0 Å². The van der Waals surface area contributed by atoms with Crippen molar-refractivity contribution in [2.45, 2.75) is 18.1 Å². The first kappa shape index (κ1) is 16.3. The van der Waals surface area contributed by atoms with E-state index in [1.807, 2.05) is 0 Å². The van der Waals surface area contributed by atoms with E-state index >= 15 is 0 Å². The minimum atomic E-state index is -3.69. The van der Waals surface area contributed by atoms with Crippen LogP contribution in [0.2, 0.25) is 4.34 Å². The van der Waals surface area contributed by atoms with E-state index < -0.39 is 16.0 Å². The number of rotatable bonds is 5. The number of hydrogen-bond acceptors (Lipinski definition) is 6. The average Bonchev–Trinajstić information content (AvgIpc) is 2.96. The molecule has 2 heterocycles. The molecular formula is C12H12ClNO4S3. The van der Waals surface area contributed by atoms with E-state index in [-0.39, 0.29) is 10.8 Å². The van der Waals surface area contributed by atoms with Gasteiger partial charge in [-0.2, -0.15) is 0 Å². The van der Waals surface area contributed by atoms with Crippen molar-refractivity contribution >= 4 is 55.3 Å². The molecule has 2 rings (SSSR count). The third-order valence-corrected chi connectivity index (χ3v) is 6.78. The van der Waals surface area contributed by atoms with E-state index in [1.165, 1.54) is 12.1 Å². The van der Waals surface area contributed by atoms with Gasteiger partial charge in [-0.15, -0.1) is 22.7 Å². The Labute approximate surface area is 135 Å². The standard InChI is InChI=1S/C12H12ClNO4S3/c1-3-18-12(15)11-7(2)6-9(20-11)14-21(16,17)10-5-4-8(13)19-10/h4-6,14H,3H2,1-2H3. The van der Waals surface area contributed by atoms with Gasteiger partial charge in [-0.05, 0) is 37.6 Å². The highest BCUT2D eigenvalue weighted by Gasteiger charge is 2.20. The van der Waals surface area contributed by atoms with Crippen LogP contribution in [0.4, 0.5) is 5.00 Å². The fourth-order valence-electron chi connectivity index (χ4n) is 1.56. The minimum absolute atomic E-state index is 0.122. The highest BCUT2D eigenvalue weighted by molar-refractivity contribution is 7.95. The lowest BCUT2D eigenvalue weighted by atomic mass is 10.3. The molecule has 0 aliphatic carbocycles. The normalized spacial score (nSPS) is 11.4. The van der Waals surface area contributed by atoms with Crippen LogP contribution >= 0.6 is 34.3 Å². The molecule has 21 heavy (non-hydrogen) atoms. The van der Waals surface area contributed by atoms with Gasteiger partial charge in [-0.3, -0.25) is 4.72 Å². The van der Waals surface area contributed by atoms with Crippen LogP contribution in [0.1, 0.15) is 22.2 Å². The molecule has 0 aromatic carbocycles. The minimum Gasteiger partial charge on any atom is -0.462 e. The van der Waals surface area contributed by atoms with E-state index in [1.54, 1.807) is 19.9 Å². The maximum absolute atomic E-state index is 12.2. The molecule has 0 aliphatic heterocycles. The summed E-state index contributed by atoms with van der Waals surface area (Å²) in [5.41, 5.74) is 0.667. The number of halogens is 1. The lowest BCUT2D eigenvalue weighted by Gasteiger charge is -2.02. The first-order valence-corrected chi connectivity index (χ1v) is 9.38. The molecule has 0 unspecified atom stereocenters. The number of esters is 1. The molecule has 0 radical (unpaired) electrons. The Balaban J connectivity index is 2.24.